The number of hydrogen-bond acceptors (Lipinski definition) is 3. The van der Waals surface area contributed by atoms with E-state index in [1.807, 2.05) is 13.8 Å². The van der Waals surface area contributed by atoms with E-state index in [0.29, 0.717) is 0 Å². The van der Waals surface area contributed by atoms with E-state index in [2.05, 4.69) is 4.72 Å². The second kappa shape index (κ2) is 7.24. The molecule has 5 nitrogen and oxygen atoms in total. The van der Waals surface area contributed by atoms with Gasteiger partial charge in [-0.25, -0.2) is 8.42 Å². The monoisotopic (exact) mass is 324 g/mol. The third-order valence-electron chi connectivity index (χ3n) is 3.94. The lowest BCUT2D eigenvalue weighted by Crippen LogP contribution is -2.52. The molecule has 1 amide bonds. The lowest BCUT2D eigenvalue weighted by Gasteiger charge is -2.32. The Labute approximate surface area is 132 Å². The number of likely N-dealkylation sites (tertiary alicyclic amines) is 1. The number of rotatable bonds is 5. The van der Waals surface area contributed by atoms with Crippen LogP contribution < -0.4 is 4.72 Å². The molecule has 22 heavy (non-hydrogen) atoms. The van der Waals surface area contributed by atoms with Crippen LogP contribution in [0.2, 0.25) is 0 Å². The van der Waals surface area contributed by atoms with E-state index in [0.717, 1.165) is 32.4 Å². The van der Waals surface area contributed by atoms with Crippen LogP contribution >= 0.6 is 0 Å². The molecule has 1 aliphatic heterocycles. The average Bonchev–Trinajstić information content (AvgIpc) is 2.53. The van der Waals surface area contributed by atoms with E-state index in [-0.39, 0.29) is 16.7 Å². The zero-order valence-electron chi connectivity index (χ0n) is 13.2. The largest absolute Gasteiger partial charge is 0.341 e. The molecule has 1 atom stereocenters. The molecule has 6 heteroatoms. The van der Waals surface area contributed by atoms with Crippen molar-refractivity contribution in [2.24, 2.45) is 5.92 Å². The van der Waals surface area contributed by atoms with Crippen molar-refractivity contribution in [3.05, 3.63) is 30.3 Å². The first-order valence-corrected chi connectivity index (χ1v) is 9.26. The summed E-state index contributed by atoms with van der Waals surface area (Å²) in [5.41, 5.74) is 0. The maximum absolute atomic E-state index is 12.6. The van der Waals surface area contributed by atoms with Crippen LogP contribution in [0.15, 0.2) is 35.2 Å². The minimum atomic E-state index is -3.69. The number of carbonyl (C=O) groups excluding carboxylic acids is 1. The number of carbonyl (C=O) groups is 1. The number of sulfonamides is 1. The smallest absolute Gasteiger partial charge is 0.241 e. The zero-order valence-corrected chi connectivity index (χ0v) is 14.0. The Morgan fingerprint density at radius 3 is 2.23 bits per heavy atom. The average molecular weight is 324 g/mol. The summed E-state index contributed by atoms with van der Waals surface area (Å²) in [6, 6.07) is 7.45. The Balaban J connectivity index is 2.16. The fourth-order valence-electron chi connectivity index (χ4n) is 2.62. The molecule has 0 radical (unpaired) electrons. The molecule has 1 saturated heterocycles. The summed E-state index contributed by atoms with van der Waals surface area (Å²) in [4.78, 5) is 14.6. The van der Waals surface area contributed by atoms with Gasteiger partial charge in [0.05, 0.1) is 4.90 Å². The Morgan fingerprint density at radius 1 is 1.09 bits per heavy atom. The van der Waals surface area contributed by atoms with Crippen LogP contribution in [0.5, 0.6) is 0 Å². The second-order valence-electron chi connectivity index (χ2n) is 6.04. The van der Waals surface area contributed by atoms with Gasteiger partial charge in [-0.2, -0.15) is 4.72 Å². The van der Waals surface area contributed by atoms with Gasteiger partial charge in [0.1, 0.15) is 6.04 Å². The van der Waals surface area contributed by atoms with E-state index in [4.69, 9.17) is 0 Å². The number of nitrogens with zero attached hydrogens (tertiary/aromatic N) is 1. The summed E-state index contributed by atoms with van der Waals surface area (Å²) >= 11 is 0. The Morgan fingerprint density at radius 2 is 1.68 bits per heavy atom. The van der Waals surface area contributed by atoms with Crippen LogP contribution in [0, 0.1) is 5.92 Å². The lowest BCUT2D eigenvalue weighted by molar-refractivity contribution is -0.134. The van der Waals surface area contributed by atoms with Crippen molar-refractivity contribution in [1.82, 2.24) is 9.62 Å². The second-order valence-corrected chi connectivity index (χ2v) is 7.76. The third kappa shape index (κ3) is 4.08. The van der Waals surface area contributed by atoms with Gasteiger partial charge in [0.2, 0.25) is 15.9 Å². The van der Waals surface area contributed by atoms with Crippen LogP contribution in [-0.2, 0) is 14.8 Å². The Kier molecular flexibility index (Phi) is 5.58. The number of nitrogens with one attached hydrogen (secondary N) is 1. The number of amides is 1. The van der Waals surface area contributed by atoms with Gasteiger partial charge in [-0.15, -0.1) is 0 Å². The first-order chi connectivity index (χ1) is 10.4. The number of benzene rings is 1. The molecule has 0 aromatic heterocycles. The van der Waals surface area contributed by atoms with Crippen molar-refractivity contribution in [3.63, 3.8) is 0 Å². The van der Waals surface area contributed by atoms with E-state index >= 15 is 0 Å². The molecule has 1 aromatic rings. The van der Waals surface area contributed by atoms with Crippen LogP contribution in [-0.4, -0.2) is 38.4 Å². The summed E-state index contributed by atoms with van der Waals surface area (Å²) in [5, 5.41) is 0. The minimum absolute atomic E-state index is 0.104. The van der Waals surface area contributed by atoms with Crippen LogP contribution in [0.3, 0.4) is 0 Å². The van der Waals surface area contributed by atoms with Crippen LogP contribution in [0.1, 0.15) is 33.1 Å². The van der Waals surface area contributed by atoms with Crippen molar-refractivity contribution < 1.29 is 13.2 Å². The summed E-state index contributed by atoms with van der Waals surface area (Å²) in [6.45, 7) is 5.16. The van der Waals surface area contributed by atoms with Crippen molar-refractivity contribution in [3.8, 4) is 0 Å². The van der Waals surface area contributed by atoms with Gasteiger partial charge < -0.3 is 4.90 Å². The normalized spacial score (nSPS) is 17.5. The zero-order chi connectivity index (χ0) is 16.2. The van der Waals surface area contributed by atoms with Crippen LogP contribution in [0.4, 0.5) is 0 Å². The molecular formula is C16H24N2O3S. The van der Waals surface area contributed by atoms with Crippen molar-refractivity contribution in [2.45, 2.75) is 44.0 Å². The summed E-state index contributed by atoms with van der Waals surface area (Å²) in [5.74, 6) is -0.220. The highest BCUT2D eigenvalue weighted by atomic mass is 32.2. The molecule has 2 rings (SSSR count). The molecule has 0 bridgehead atoms. The summed E-state index contributed by atoms with van der Waals surface area (Å²) < 4.78 is 27.5. The van der Waals surface area contributed by atoms with E-state index < -0.39 is 16.1 Å². The summed E-state index contributed by atoms with van der Waals surface area (Å²) in [7, 11) is -3.69. The SMILES string of the molecule is CC(C)C(NS(=O)(=O)c1ccccc1)C(=O)N1CCCCC1. The quantitative estimate of drug-likeness (QED) is 0.901. The Bertz CT molecular complexity index is 593. The highest BCUT2D eigenvalue weighted by Crippen LogP contribution is 2.16. The van der Waals surface area contributed by atoms with Crippen molar-refractivity contribution in [1.29, 1.82) is 0 Å². The maximum atomic E-state index is 12.6. The van der Waals surface area contributed by atoms with Gasteiger partial charge >= 0.3 is 0 Å². The molecule has 122 valence electrons. The van der Waals surface area contributed by atoms with E-state index in [9.17, 15) is 13.2 Å². The first kappa shape index (κ1) is 17.0. The molecule has 1 fully saturated rings. The van der Waals surface area contributed by atoms with Crippen molar-refractivity contribution in [2.75, 3.05) is 13.1 Å². The number of piperidine rings is 1. The third-order valence-corrected chi connectivity index (χ3v) is 5.39. The predicted molar refractivity (Wildman–Crippen MR) is 85.8 cm³/mol. The van der Waals surface area contributed by atoms with Gasteiger partial charge in [0.15, 0.2) is 0 Å². The maximum Gasteiger partial charge on any atom is 0.241 e. The molecule has 1 N–H and O–H groups in total. The summed E-state index contributed by atoms with van der Waals surface area (Å²) in [6.07, 6.45) is 3.11. The van der Waals surface area contributed by atoms with Gasteiger partial charge in [-0.1, -0.05) is 32.0 Å². The molecule has 1 unspecified atom stereocenters. The predicted octanol–water partition coefficient (Wildman–Crippen LogP) is 2.00. The standard InChI is InChI=1S/C16H24N2O3S/c1-13(2)15(16(19)18-11-7-4-8-12-18)17-22(20,21)14-9-5-3-6-10-14/h3,5-6,9-10,13,15,17H,4,7-8,11-12H2,1-2H3. The molecule has 0 spiro atoms. The molecule has 0 saturated carbocycles. The van der Waals surface area contributed by atoms with Crippen molar-refractivity contribution >= 4 is 15.9 Å². The fraction of sp³-hybridized carbons (Fsp3) is 0.562. The van der Waals surface area contributed by atoms with Crippen LogP contribution in [0.25, 0.3) is 0 Å². The molecule has 1 heterocycles. The molecule has 0 aliphatic carbocycles. The van der Waals surface area contributed by atoms with Gasteiger partial charge in [0, 0.05) is 13.1 Å². The lowest BCUT2D eigenvalue weighted by atomic mass is 10.0. The molecule has 1 aromatic carbocycles. The molecule has 1 aliphatic rings. The van der Waals surface area contributed by atoms with Gasteiger partial charge in [0.25, 0.3) is 0 Å². The first-order valence-electron chi connectivity index (χ1n) is 7.78. The molecular weight excluding hydrogens is 300 g/mol. The van der Waals surface area contributed by atoms with E-state index in [1.165, 1.54) is 12.1 Å². The highest BCUT2D eigenvalue weighted by molar-refractivity contribution is 7.89. The number of hydrogen-bond donors (Lipinski definition) is 1. The van der Waals surface area contributed by atoms with Gasteiger partial charge in [-0.3, -0.25) is 4.79 Å². The topological polar surface area (TPSA) is 66.5 Å². The minimum Gasteiger partial charge on any atom is -0.341 e. The Hall–Kier alpha value is -1.40. The fourth-order valence-corrected chi connectivity index (χ4v) is 3.98. The van der Waals surface area contributed by atoms with Gasteiger partial charge in [-0.05, 0) is 37.3 Å². The van der Waals surface area contributed by atoms with E-state index in [1.54, 1.807) is 23.1 Å². The highest BCUT2D eigenvalue weighted by Gasteiger charge is 2.31.